The number of carboxylic acids is 1. The smallest absolute Gasteiger partial charge is 0.338 e. The maximum absolute atomic E-state index is 13.2. The van der Waals surface area contributed by atoms with E-state index in [1.54, 1.807) is 12.1 Å². The second-order valence-electron chi connectivity index (χ2n) is 6.16. The molecule has 0 unspecified atom stereocenters. The van der Waals surface area contributed by atoms with Crippen molar-refractivity contribution in [2.45, 2.75) is 45.6 Å². The molecule has 2 heterocycles. The Balaban J connectivity index is 2.32. The molecule has 0 spiro atoms. The number of carboxylic acid groups (broad SMARTS) is 1. The highest BCUT2D eigenvalue weighted by atomic mass is 19.1. The molecular formula is C18H20FNO2. The fraction of sp³-hybridized carbons (Fsp3) is 0.389. The molecule has 0 amide bonds. The van der Waals surface area contributed by atoms with E-state index in [2.05, 4.69) is 4.57 Å². The van der Waals surface area contributed by atoms with Gasteiger partial charge in [-0.1, -0.05) is 26.0 Å². The number of aromatic nitrogens is 1. The van der Waals surface area contributed by atoms with Gasteiger partial charge in [0.25, 0.3) is 0 Å². The maximum Gasteiger partial charge on any atom is 0.338 e. The zero-order valence-electron chi connectivity index (χ0n) is 12.9. The van der Waals surface area contributed by atoms with E-state index < -0.39 is 5.97 Å². The van der Waals surface area contributed by atoms with Gasteiger partial charge in [0.1, 0.15) is 5.82 Å². The number of carbonyl (C=O) groups is 1. The molecule has 0 aliphatic carbocycles. The molecule has 22 heavy (non-hydrogen) atoms. The quantitative estimate of drug-likeness (QED) is 0.910. The van der Waals surface area contributed by atoms with Crippen LogP contribution in [0.3, 0.4) is 0 Å². The summed E-state index contributed by atoms with van der Waals surface area (Å²) in [4.78, 5) is 11.9. The fourth-order valence-corrected chi connectivity index (χ4v) is 3.51. The average molecular weight is 301 g/mol. The van der Waals surface area contributed by atoms with E-state index in [-0.39, 0.29) is 11.7 Å². The van der Waals surface area contributed by atoms with Gasteiger partial charge in [0.15, 0.2) is 0 Å². The number of fused-ring (bicyclic) bond motifs is 1. The summed E-state index contributed by atoms with van der Waals surface area (Å²) in [5.41, 5.74) is 3.92. The van der Waals surface area contributed by atoms with Crippen LogP contribution in [-0.4, -0.2) is 15.6 Å². The number of aromatic carboxylic acids is 1. The largest absolute Gasteiger partial charge is 0.478 e. The van der Waals surface area contributed by atoms with E-state index in [0.717, 1.165) is 48.3 Å². The molecule has 1 N–H and O–H groups in total. The molecule has 0 radical (unpaired) electrons. The second-order valence-corrected chi connectivity index (χ2v) is 6.16. The van der Waals surface area contributed by atoms with E-state index in [1.165, 1.54) is 12.1 Å². The number of halogens is 1. The van der Waals surface area contributed by atoms with Crippen LogP contribution >= 0.6 is 0 Å². The van der Waals surface area contributed by atoms with Crippen molar-refractivity contribution in [2.75, 3.05) is 0 Å². The number of hydrogen-bond acceptors (Lipinski definition) is 1. The monoisotopic (exact) mass is 301 g/mol. The van der Waals surface area contributed by atoms with Crippen molar-refractivity contribution in [1.29, 1.82) is 0 Å². The Kier molecular flexibility index (Phi) is 3.77. The molecule has 0 bridgehead atoms. The van der Waals surface area contributed by atoms with E-state index in [0.29, 0.717) is 5.56 Å². The number of hydrogen-bond donors (Lipinski definition) is 1. The molecule has 3 nitrogen and oxygen atoms in total. The molecule has 0 fully saturated rings. The van der Waals surface area contributed by atoms with Crippen LogP contribution in [0.25, 0.3) is 11.1 Å². The molecule has 1 aliphatic rings. The van der Waals surface area contributed by atoms with Gasteiger partial charge >= 0.3 is 5.97 Å². The first kappa shape index (κ1) is 14.8. The van der Waals surface area contributed by atoms with Gasteiger partial charge in [0.05, 0.1) is 5.56 Å². The predicted molar refractivity (Wildman–Crippen MR) is 83.8 cm³/mol. The number of benzene rings is 1. The Morgan fingerprint density at radius 3 is 2.50 bits per heavy atom. The SMILES string of the molecule is CC(C)c1c(C(=O)O)c(-c2ccc(F)cc2)c2n1CCCC2. The fourth-order valence-electron chi connectivity index (χ4n) is 3.51. The molecular weight excluding hydrogens is 281 g/mol. The van der Waals surface area contributed by atoms with Gasteiger partial charge < -0.3 is 9.67 Å². The second kappa shape index (κ2) is 5.59. The topological polar surface area (TPSA) is 42.2 Å². The maximum atomic E-state index is 13.2. The Morgan fingerprint density at radius 1 is 1.23 bits per heavy atom. The first-order valence-electron chi connectivity index (χ1n) is 7.75. The molecule has 116 valence electrons. The van der Waals surface area contributed by atoms with Crippen LogP contribution in [-0.2, 0) is 13.0 Å². The highest BCUT2D eigenvalue weighted by Crippen LogP contribution is 2.39. The van der Waals surface area contributed by atoms with E-state index in [9.17, 15) is 14.3 Å². The third kappa shape index (κ3) is 2.32. The van der Waals surface area contributed by atoms with E-state index in [4.69, 9.17) is 0 Å². The molecule has 1 aromatic heterocycles. The summed E-state index contributed by atoms with van der Waals surface area (Å²) in [6, 6.07) is 6.14. The Labute approximate surface area is 129 Å². The van der Waals surface area contributed by atoms with Crippen LogP contribution in [0.4, 0.5) is 4.39 Å². The van der Waals surface area contributed by atoms with Crippen LogP contribution in [0.1, 0.15) is 54.4 Å². The lowest BCUT2D eigenvalue weighted by Gasteiger charge is -2.20. The van der Waals surface area contributed by atoms with Crippen LogP contribution in [0, 0.1) is 5.82 Å². The van der Waals surface area contributed by atoms with Crippen molar-refractivity contribution in [1.82, 2.24) is 4.57 Å². The summed E-state index contributed by atoms with van der Waals surface area (Å²) in [6.07, 6.45) is 3.01. The zero-order chi connectivity index (χ0) is 15.9. The molecule has 3 rings (SSSR count). The van der Waals surface area contributed by atoms with Crippen LogP contribution in [0.2, 0.25) is 0 Å². The van der Waals surface area contributed by atoms with Gasteiger partial charge in [-0.25, -0.2) is 9.18 Å². The summed E-state index contributed by atoms with van der Waals surface area (Å²) in [6.45, 7) is 4.92. The van der Waals surface area contributed by atoms with Crippen molar-refractivity contribution in [3.63, 3.8) is 0 Å². The third-order valence-electron chi connectivity index (χ3n) is 4.35. The third-order valence-corrected chi connectivity index (χ3v) is 4.35. The minimum atomic E-state index is -0.898. The lowest BCUT2D eigenvalue weighted by atomic mass is 9.95. The van der Waals surface area contributed by atoms with Crippen molar-refractivity contribution in [2.24, 2.45) is 0 Å². The van der Waals surface area contributed by atoms with Gasteiger partial charge in [-0.05, 0) is 42.9 Å². The molecule has 0 atom stereocenters. The van der Waals surface area contributed by atoms with Gasteiger partial charge in [-0.15, -0.1) is 0 Å². The summed E-state index contributed by atoms with van der Waals surface area (Å²) in [7, 11) is 0. The van der Waals surface area contributed by atoms with Crippen LogP contribution in [0.15, 0.2) is 24.3 Å². The summed E-state index contributed by atoms with van der Waals surface area (Å²) in [5.74, 6) is -1.07. The summed E-state index contributed by atoms with van der Waals surface area (Å²) in [5, 5.41) is 9.77. The predicted octanol–water partition coefficient (Wildman–Crippen LogP) is 4.45. The van der Waals surface area contributed by atoms with Crippen molar-refractivity contribution >= 4 is 5.97 Å². The summed E-state index contributed by atoms with van der Waals surface area (Å²) >= 11 is 0. The Hall–Kier alpha value is -2.10. The van der Waals surface area contributed by atoms with E-state index in [1.807, 2.05) is 13.8 Å². The minimum absolute atomic E-state index is 0.136. The molecule has 1 aromatic carbocycles. The zero-order valence-corrected chi connectivity index (χ0v) is 12.9. The van der Waals surface area contributed by atoms with Gasteiger partial charge in [-0.3, -0.25) is 0 Å². The average Bonchev–Trinajstić information content (AvgIpc) is 2.83. The van der Waals surface area contributed by atoms with E-state index >= 15 is 0 Å². The lowest BCUT2D eigenvalue weighted by molar-refractivity contribution is 0.0696. The number of rotatable bonds is 3. The van der Waals surface area contributed by atoms with Crippen molar-refractivity contribution < 1.29 is 14.3 Å². The molecule has 0 saturated carbocycles. The van der Waals surface area contributed by atoms with Gasteiger partial charge in [0.2, 0.25) is 0 Å². The van der Waals surface area contributed by atoms with Crippen LogP contribution in [0.5, 0.6) is 0 Å². The molecule has 4 heteroatoms. The molecule has 0 saturated heterocycles. The number of nitrogens with zero attached hydrogens (tertiary/aromatic N) is 1. The lowest BCUT2D eigenvalue weighted by Crippen LogP contribution is -2.14. The normalized spacial score (nSPS) is 14.2. The Bertz CT molecular complexity index is 714. The van der Waals surface area contributed by atoms with Gasteiger partial charge in [-0.2, -0.15) is 0 Å². The highest BCUT2D eigenvalue weighted by molar-refractivity contribution is 5.99. The first-order valence-corrected chi connectivity index (χ1v) is 7.75. The first-order chi connectivity index (χ1) is 10.5. The van der Waals surface area contributed by atoms with Gasteiger partial charge in [0, 0.05) is 23.5 Å². The van der Waals surface area contributed by atoms with Crippen molar-refractivity contribution in [3.8, 4) is 11.1 Å². The standard InChI is InChI=1S/C18H20FNO2/c1-11(2)17-16(18(21)22)15(12-6-8-13(19)9-7-12)14-5-3-4-10-20(14)17/h6-9,11H,3-5,10H2,1-2H3,(H,21,22). The molecule has 2 aromatic rings. The minimum Gasteiger partial charge on any atom is -0.478 e. The summed E-state index contributed by atoms with van der Waals surface area (Å²) < 4.78 is 15.4. The van der Waals surface area contributed by atoms with Crippen molar-refractivity contribution in [3.05, 3.63) is 47.0 Å². The Morgan fingerprint density at radius 2 is 1.91 bits per heavy atom. The highest BCUT2D eigenvalue weighted by Gasteiger charge is 2.30. The molecule has 1 aliphatic heterocycles. The van der Waals surface area contributed by atoms with Crippen LogP contribution < -0.4 is 0 Å².